The second kappa shape index (κ2) is 6.03. The number of aromatic amines is 2. The van der Waals surface area contributed by atoms with E-state index in [1.807, 2.05) is 42.5 Å². The van der Waals surface area contributed by atoms with Gasteiger partial charge >= 0.3 is 5.97 Å². The number of ketones is 1. The molecule has 136 valence electrons. The average Bonchev–Trinajstić information content (AvgIpc) is 3.27. The maximum atomic E-state index is 13.4. The Balaban J connectivity index is 1.82. The number of para-hydroxylation sites is 1. The molecule has 7 heteroatoms. The van der Waals surface area contributed by atoms with Crippen molar-refractivity contribution >= 4 is 60.4 Å². The topological polar surface area (TPSA) is 98.8 Å². The van der Waals surface area contributed by atoms with Crippen molar-refractivity contribution in [1.29, 1.82) is 0 Å². The standard InChI is InChI=1S/C21H12BrN3O3/c22-10-5-6-15-12(7-10)14(9-23-15)20(26)19-18-13(8-17(25-19)21(27)28)11-3-1-2-4-16(11)24-18/h1-9,23-24H,(H,27,28). The molecule has 0 unspecified atom stereocenters. The Kier molecular flexibility index (Phi) is 3.60. The molecule has 28 heavy (non-hydrogen) atoms. The molecular weight excluding hydrogens is 422 g/mol. The van der Waals surface area contributed by atoms with Crippen molar-refractivity contribution in [2.75, 3.05) is 0 Å². The van der Waals surface area contributed by atoms with Crippen LogP contribution in [0, 0.1) is 0 Å². The fourth-order valence-corrected chi connectivity index (χ4v) is 3.89. The third-order valence-electron chi connectivity index (χ3n) is 4.82. The van der Waals surface area contributed by atoms with Gasteiger partial charge in [-0.2, -0.15) is 0 Å². The van der Waals surface area contributed by atoms with Crippen LogP contribution in [0.15, 0.2) is 59.2 Å². The summed E-state index contributed by atoms with van der Waals surface area (Å²) >= 11 is 3.43. The molecule has 0 amide bonds. The highest BCUT2D eigenvalue weighted by Crippen LogP contribution is 2.30. The van der Waals surface area contributed by atoms with Crippen molar-refractivity contribution in [2.24, 2.45) is 0 Å². The van der Waals surface area contributed by atoms with Gasteiger partial charge in [-0.15, -0.1) is 0 Å². The average molecular weight is 434 g/mol. The molecule has 6 nitrogen and oxygen atoms in total. The van der Waals surface area contributed by atoms with Crippen molar-refractivity contribution in [1.82, 2.24) is 15.0 Å². The number of rotatable bonds is 3. The summed E-state index contributed by atoms with van der Waals surface area (Å²) in [5, 5.41) is 11.7. The van der Waals surface area contributed by atoms with Crippen LogP contribution in [0.4, 0.5) is 0 Å². The number of nitrogens with zero attached hydrogens (tertiary/aromatic N) is 1. The van der Waals surface area contributed by atoms with E-state index >= 15 is 0 Å². The number of aromatic carboxylic acids is 1. The van der Waals surface area contributed by atoms with Crippen LogP contribution in [0.3, 0.4) is 0 Å². The highest BCUT2D eigenvalue weighted by atomic mass is 79.9. The number of hydrogen-bond acceptors (Lipinski definition) is 3. The number of pyridine rings is 1. The number of nitrogens with one attached hydrogen (secondary N) is 2. The van der Waals surface area contributed by atoms with E-state index in [1.54, 1.807) is 6.20 Å². The monoisotopic (exact) mass is 433 g/mol. The molecule has 0 saturated carbocycles. The van der Waals surface area contributed by atoms with Crippen LogP contribution in [-0.2, 0) is 0 Å². The smallest absolute Gasteiger partial charge is 0.354 e. The number of hydrogen-bond donors (Lipinski definition) is 3. The van der Waals surface area contributed by atoms with Crippen LogP contribution >= 0.6 is 15.9 Å². The van der Waals surface area contributed by atoms with Gasteiger partial charge in [-0.25, -0.2) is 9.78 Å². The first-order chi connectivity index (χ1) is 13.5. The van der Waals surface area contributed by atoms with Gasteiger partial charge in [0.05, 0.1) is 5.52 Å². The number of fused-ring (bicyclic) bond motifs is 4. The molecule has 5 aromatic rings. The Labute approximate surface area is 166 Å². The predicted molar refractivity (Wildman–Crippen MR) is 110 cm³/mol. The molecule has 3 N–H and O–H groups in total. The Morgan fingerprint density at radius 1 is 0.964 bits per heavy atom. The third kappa shape index (κ3) is 2.44. The zero-order valence-corrected chi connectivity index (χ0v) is 15.9. The van der Waals surface area contributed by atoms with Gasteiger partial charge in [0, 0.05) is 43.4 Å². The summed E-state index contributed by atoms with van der Waals surface area (Å²) in [6, 6.07) is 14.6. The van der Waals surface area contributed by atoms with Gasteiger partial charge in [-0.3, -0.25) is 4.79 Å². The van der Waals surface area contributed by atoms with Crippen molar-refractivity contribution < 1.29 is 14.7 Å². The van der Waals surface area contributed by atoms with Crippen LogP contribution in [-0.4, -0.2) is 31.8 Å². The van der Waals surface area contributed by atoms with Gasteiger partial charge in [0.15, 0.2) is 0 Å². The van der Waals surface area contributed by atoms with Gasteiger partial charge in [-0.05, 0) is 30.3 Å². The van der Waals surface area contributed by atoms with Crippen LogP contribution in [0.1, 0.15) is 26.5 Å². The second-order valence-electron chi connectivity index (χ2n) is 6.48. The first kappa shape index (κ1) is 16.7. The van der Waals surface area contributed by atoms with Crippen molar-refractivity contribution in [2.45, 2.75) is 0 Å². The molecule has 0 atom stereocenters. The highest BCUT2D eigenvalue weighted by Gasteiger charge is 2.23. The second-order valence-corrected chi connectivity index (χ2v) is 7.39. The van der Waals surface area contributed by atoms with Crippen molar-refractivity contribution in [3.63, 3.8) is 0 Å². The predicted octanol–water partition coefficient (Wildman–Crippen LogP) is 4.89. The number of benzene rings is 2. The van der Waals surface area contributed by atoms with Gasteiger partial charge in [-0.1, -0.05) is 34.1 Å². The Hall–Kier alpha value is -3.45. The maximum absolute atomic E-state index is 13.4. The summed E-state index contributed by atoms with van der Waals surface area (Å²) in [6.07, 6.45) is 1.63. The highest BCUT2D eigenvalue weighted by molar-refractivity contribution is 9.10. The molecular formula is C21H12BrN3O3. The maximum Gasteiger partial charge on any atom is 0.354 e. The van der Waals surface area contributed by atoms with Gasteiger partial charge in [0.25, 0.3) is 0 Å². The van der Waals surface area contributed by atoms with Crippen LogP contribution in [0.2, 0.25) is 0 Å². The van der Waals surface area contributed by atoms with E-state index in [0.29, 0.717) is 16.5 Å². The summed E-state index contributed by atoms with van der Waals surface area (Å²) in [6.45, 7) is 0. The van der Waals surface area contributed by atoms with Crippen LogP contribution in [0.5, 0.6) is 0 Å². The van der Waals surface area contributed by atoms with Gasteiger partial charge < -0.3 is 15.1 Å². The Morgan fingerprint density at radius 2 is 1.79 bits per heavy atom. The molecule has 3 aromatic heterocycles. The minimum absolute atomic E-state index is 0.0898. The molecule has 3 heterocycles. The van der Waals surface area contributed by atoms with Crippen LogP contribution < -0.4 is 0 Å². The molecule has 0 radical (unpaired) electrons. The first-order valence-corrected chi connectivity index (χ1v) is 9.28. The molecule has 0 aliphatic carbocycles. The number of halogens is 1. The molecule has 0 aliphatic rings. The van der Waals surface area contributed by atoms with E-state index in [0.717, 1.165) is 26.3 Å². The van der Waals surface area contributed by atoms with Gasteiger partial charge in [0.2, 0.25) is 5.78 Å². The number of carbonyl (C=O) groups is 2. The number of carbonyl (C=O) groups excluding carboxylic acids is 1. The summed E-state index contributed by atoms with van der Waals surface area (Å²) in [5.74, 6) is -1.52. The van der Waals surface area contributed by atoms with E-state index in [1.165, 1.54) is 6.07 Å². The van der Waals surface area contributed by atoms with Crippen molar-refractivity contribution in [3.05, 3.63) is 76.2 Å². The van der Waals surface area contributed by atoms with E-state index < -0.39 is 5.97 Å². The summed E-state index contributed by atoms with van der Waals surface area (Å²) < 4.78 is 0.844. The normalized spacial score (nSPS) is 11.5. The summed E-state index contributed by atoms with van der Waals surface area (Å²) in [4.78, 5) is 35.5. The molecule has 0 bridgehead atoms. The zero-order valence-electron chi connectivity index (χ0n) is 14.3. The molecule has 0 saturated heterocycles. The fourth-order valence-electron chi connectivity index (χ4n) is 3.53. The SMILES string of the molecule is O=C(O)c1cc2c([nH]c3ccccc32)c(C(=O)c2c[nH]c3ccc(Br)cc23)n1. The summed E-state index contributed by atoms with van der Waals surface area (Å²) in [7, 11) is 0. The lowest BCUT2D eigenvalue weighted by Crippen LogP contribution is -2.09. The van der Waals surface area contributed by atoms with E-state index in [4.69, 9.17) is 0 Å². The molecule has 5 rings (SSSR count). The fraction of sp³-hybridized carbons (Fsp3) is 0. The number of aromatic nitrogens is 3. The van der Waals surface area contributed by atoms with E-state index in [2.05, 4.69) is 30.9 Å². The number of carboxylic acid groups (broad SMARTS) is 1. The largest absolute Gasteiger partial charge is 0.477 e. The lowest BCUT2D eigenvalue weighted by atomic mass is 10.0. The molecule has 0 spiro atoms. The molecule has 2 aromatic carbocycles. The molecule has 0 fully saturated rings. The number of carboxylic acids is 1. The van der Waals surface area contributed by atoms with Crippen LogP contribution in [0.25, 0.3) is 32.7 Å². The summed E-state index contributed by atoms with van der Waals surface area (Å²) in [5.41, 5.74) is 2.52. The lowest BCUT2D eigenvalue weighted by Gasteiger charge is -2.04. The third-order valence-corrected chi connectivity index (χ3v) is 5.31. The first-order valence-electron chi connectivity index (χ1n) is 8.49. The minimum Gasteiger partial charge on any atom is -0.477 e. The Bertz CT molecular complexity index is 1430. The van der Waals surface area contributed by atoms with Crippen molar-refractivity contribution in [3.8, 4) is 0 Å². The lowest BCUT2D eigenvalue weighted by molar-refractivity contribution is 0.0690. The quantitative estimate of drug-likeness (QED) is 0.352. The minimum atomic E-state index is -1.18. The van der Waals surface area contributed by atoms with E-state index in [-0.39, 0.29) is 17.2 Å². The zero-order chi connectivity index (χ0) is 19.4. The Morgan fingerprint density at radius 3 is 2.61 bits per heavy atom. The van der Waals surface area contributed by atoms with E-state index in [9.17, 15) is 14.7 Å². The number of H-pyrrole nitrogens is 2. The molecule has 0 aliphatic heterocycles. The van der Waals surface area contributed by atoms with Gasteiger partial charge in [0.1, 0.15) is 11.4 Å².